The Kier molecular flexibility index (Phi) is 3.18. The Bertz CT molecular complexity index is 341. The number of aromatic nitrogens is 3. The Morgan fingerprint density at radius 2 is 1.86 bits per heavy atom. The van der Waals surface area contributed by atoms with Crippen molar-refractivity contribution < 1.29 is 10.2 Å². The molecule has 6 nitrogen and oxygen atoms in total. The van der Waals surface area contributed by atoms with Crippen molar-refractivity contribution in [1.82, 2.24) is 15.0 Å². The van der Waals surface area contributed by atoms with E-state index < -0.39 is 17.9 Å². The highest BCUT2D eigenvalue weighted by Gasteiger charge is 2.15. The van der Waals surface area contributed by atoms with Crippen molar-refractivity contribution in [3.63, 3.8) is 0 Å². The molecule has 0 fully saturated rings. The van der Waals surface area contributed by atoms with Crippen LogP contribution in [0.2, 0.25) is 0 Å². The molecule has 1 aromatic rings. The van der Waals surface area contributed by atoms with Crippen molar-refractivity contribution in [2.24, 2.45) is 0 Å². The van der Waals surface area contributed by atoms with Crippen molar-refractivity contribution in [2.75, 3.05) is 0 Å². The van der Waals surface area contributed by atoms with Crippen LogP contribution in [-0.2, 0) is 0 Å². The van der Waals surface area contributed by atoms with Gasteiger partial charge in [-0.05, 0) is 6.42 Å². The molecule has 1 unspecified atom stereocenters. The summed E-state index contributed by atoms with van der Waals surface area (Å²) in [5, 5.41) is 26.7. The lowest BCUT2D eigenvalue weighted by atomic mass is 10.1. The fourth-order valence-corrected chi connectivity index (χ4v) is 1.07. The largest absolute Gasteiger partial charge is 0.479 e. The fourth-order valence-electron chi connectivity index (χ4n) is 1.07. The van der Waals surface area contributed by atoms with Gasteiger partial charge in [0.1, 0.15) is 5.92 Å². The summed E-state index contributed by atoms with van der Waals surface area (Å²) in [6, 6.07) is 0.867. The van der Waals surface area contributed by atoms with E-state index >= 15 is 0 Å². The highest BCUT2D eigenvalue weighted by atomic mass is 16.3. The van der Waals surface area contributed by atoms with Gasteiger partial charge >= 0.3 is 12.0 Å². The third-order valence-corrected chi connectivity index (χ3v) is 1.67. The van der Waals surface area contributed by atoms with Crippen LogP contribution >= 0.6 is 0 Å². The number of hydrogen-bond donors (Lipinski definition) is 2. The molecule has 0 aromatic carbocycles. The van der Waals surface area contributed by atoms with Crippen LogP contribution in [0.15, 0.2) is 0 Å². The summed E-state index contributed by atoms with van der Waals surface area (Å²) < 4.78 is 0. The maximum Gasteiger partial charge on any atom is 0.320 e. The quantitative estimate of drug-likeness (QED) is 0.733. The van der Waals surface area contributed by atoms with Gasteiger partial charge in [-0.25, -0.2) is 0 Å². The van der Waals surface area contributed by atoms with Gasteiger partial charge in [0.15, 0.2) is 5.82 Å². The van der Waals surface area contributed by atoms with Crippen molar-refractivity contribution in [3.8, 4) is 18.1 Å². The van der Waals surface area contributed by atoms with E-state index in [0.717, 1.165) is 6.42 Å². The summed E-state index contributed by atoms with van der Waals surface area (Å²) in [4.78, 5) is 10.3. The molecule has 0 amide bonds. The summed E-state index contributed by atoms with van der Waals surface area (Å²) in [6.45, 7) is 1.92. The number of nitrogens with zero attached hydrogens (tertiary/aromatic N) is 4. The second-order valence-corrected chi connectivity index (χ2v) is 2.76. The van der Waals surface area contributed by atoms with E-state index in [0.29, 0.717) is 6.42 Å². The van der Waals surface area contributed by atoms with E-state index in [1.54, 1.807) is 0 Å². The molecular weight excluding hydrogens is 184 g/mol. The van der Waals surface area contributed by atoms with Crippen molar-refractivity contribution >= 4 is 0 Å². The molecule has 1 atom stereocenters. The SMILES string of the molecule is CCCC(C#N)c1nc(O)nc(O)n1. The fraction of sp³-hybridized carbons (Fsp3) is 0.500. The molecule has 1 heterocycles. The zero-order valence-corrected chi connectivity index (χ0v) is 7.67. The van der Waals surface area contributed by atoms with Crippen molar-refractivity contribution in [1.29, 1.82) is 5.26 Å². The normalized spacial score (nSPS) is 12.0. The topological polar surface area (TPSA) is 103 Å². The number of hydrogen-bond acceptors (Lipinski definition) is 6. The summed E-state index contributed by atoms with van der Waals surface area (Å²) in [6.07, 6.45) is 1.38. The molecule has 0 aliphatic heterocycles. The minimum Gasteiger partial charge on any atom is -0.479 e. The molecule has 14 heavy (non-hydrogen) atoms. The van der Waals surface area contributed by atoms with E-state index in [4.69, 9.17) is 15.5 Å². The molecule has 1 rings (SSSR count). The first-order valence-electron chi connectivity index (χ1n) is 4.21. The summed E-state index contributed by atoms with van der Waals surface area (Å²) in [5.74, 6) is -0.404. The first-order valence-corrected chi connectivity index (χ1v) is 4.21. The molecule has 1 aromatic heterocycles. The smallest absolute Gasteiger partial charge is 0.320 e. The van der Waals surface area contributed by atoms with Crippen LogP contribution < -0.4 is 0 Å². The molecule has 0 bridgehead atoms. The van der Waals surface area contributed by atoms with Gasteiger partial charge in [0, 0.05) is 0 Å². The van der Waals surface area contributed by atoms with Crippen LogP contribution in [0.5, 0.6) is 12.0 Å². The van der Waals surface area contributed by atoms with Gasteiger partial charge in [0.2, 0.25) is 0 Å². The second-order valence-electron chi connectivity index (χ2n) is 2.76. The zero-order chi connectivity index (χ0) is 10.6. The predicted molar refractivity (Wildman–Crippen MR) is 46.4 cm³/mol. The van der Waals surface area contributed by atoms with Gasteiger partial charge in [-0.3, -0.25) is 0 Å². The van der Waals surface area contributed by atoms with Crippen LogP contribution in [0.4, 0.5) is 0 Å². The van der Waals surface area contributed by atoms with E-state index in [-0.39, 0.29) is 5.82 Å². The Labute approximate surface area is 80.9 Å². The van der Waals surface area contributed by atoms with Gasteiger partial charge in [-0.2, -0.15) is 15.2 Å². The number of rotatable bonds is 3. The lowest BCUT2D eigenvalue weighted by Gasteiger charge is -2.05. The van der Waals surface area contributed by atoms with Gasteiger partial charge in [-0.15, -0.1) is 4.98 Å². The lowest BCUT2D eigenvalue weighted by molar-refractivity contribution is 0.375. The Balaban J connectivity index is 2.99. The van der Waals surface area contributed by atoms with E-state index in [1.807, 2.05) is 13.0 Å². The monoisotopic (exact) mass is 194 g/mol. The van der Waals surface area contributed by atoms with Gasteiger partial charge in [0.05, 0.1) is 6.07 Å². The molecule has 0 radical (unpaired) electrons. The molecule has 0 aliphatic carbocycles. The van der Waals surface area contributed by atoms with E-state index in [2.05, 4.69) is 15.0 Å². The molecule has 74 valence electrons. The van der Waals surface area contributed by atoms with Crippen LogP contribution in [0.3, 0.4) is 0 Å². The van der Waals surface area contributed by atoms with E-state index in [1.165, 1.54) is 0 Å². The maximum absolute atomic E-state index is 8.97. The van der Waals surface area contributed by atoms with Crippen LogP contribution in [-0.4, -0.2) is 25.2 Å². The lowest BCUT2D eigenvalue weighted by Crippen LogP contribution is -2.03. The first kappa shape index (κ1) is 10.2. The molecule has 0 aliphatic rings. The molecule has 6 heteroatoms. The van der Waals surface area contributed by atoms with Crippen LogP contribution in [0.1, 0.15) is 31.5 Å². The van der Waals surface area contributed by atoms with Gasteiger partial charge in [-0.1, -0.05) is 13.3 Å². The van der Waals surface area contributed by atoms with Crippen molar-refractivity contribution in [2.45, 2.75) is 25.7 Å². The Morgan fingerprint density at radius 1 is 1.29 bits per heavy atom. The average molecular weight is 194 g/mol. The highest BCUT2D eigenvalue weighted by Crippen LogP contribution is 2.19. The standard InChI is InChI=1S/C8H10N4O2/c1-2-3-5(4-9)6-10-7(13)12-8(14)11-6/h5H,2-3H2,1H3,(H2,10,11,12,13,14). The zero-order valence-electron chi connectivity index (χ0n) is 7.67. The van der Waals surface area contributed by atoms with E-state index in [9.17, 15) is 0 Å². The Morgan fingerprint density at radius 3 is 2.29 bits per heavy atom. The first-order chi connectivity index (χ1) is 6.67. The third kappa shape index (κ3) is 2.29. The summed E-state index contributed by atoms with van der Waals surface area (Å²) in [7, 11) is 0. The molecule has 0 saturated heterocycles. The average Bonchev–Trinajstić information content (AvgIpc) is 2.12. The molecule has 2 N–H and O–H groups in total. The number of aromatic hydroxyl groups is 2. The minimum atomic E-state index is -0.566. The summed E-state index contributed by atoms with van der Waals surface area (Å²) in [5.41, 5.74) is 0. The van der Waals surface area contributed by atoms with Gasteiger partial charge < -0.3 is 10.2 Å². The molecule has 0 spiro atoms. The number of nitriles is 1. The summed E-state index contributed by atoms with van der Waals surface area (Å²) >= 11 is 0. The van der Waals surface area contributed by atoms with Crippen LogP contribution in [0, 0.1) is 11.3 Å². The predicted octanol–water partition coefficient (Wildman–Crippen LogP) is 0.690. The third-order valence-electron chi connectivity index (χ3n) is 1.67. The van der Waals surface area contributed by atoms with Crippen LogP contribution in [0.25, 0.3) is 0 Å². The molecular formula is C8H10N4O2. The van der Waals surface area contributed by atoms with Crippen molar-refractivity contribution in [3.05, 3.63) is 5.82 Å². The Hall–Kier alpha value is -1.90. The maximum atomic E-state index is 8.97. The highest BCUT2D eigenvalue weighted by molar-refractivity contribution is 5.12. The second kappa shape index (κ2) is 4.37. The minimum absolute atomic E-state index is 0.111. The van der Waals surface area contributed by atoms with Gasteiger partial charge in [0.25, 0.3) is 0 Å². The molecule has 0 saturated carbocycles.